The molecule has 3 nitrogen and oxygen atoms in total. The van der Waals surface area contributed by atoms with E-state index in [0.717, 1.165) is 18.7 Å². The van der Waals surface area contributed by atoms with Crippen molar-refractivity contribution in [3.63, 3.8) is 0 Å². The van der Waals surface area contributed by atoms with E-state index in [2.05, 4.69) is 24.1 Å². The third kappa shape index (κ3) is 2.48. The molecule has 0 fully saturated rings. The fourth-order valence-electron chi connectivity index (χ4n) is 2.39. The zero-order valence-electron chi connectivity index (χ0n) is 10.5. The third-order valence-corrected chi connectivity index (χ3v) is 3.87. The Hall–Kier alpha value is -0.770. The Morgan fingerprint density at radius 2 is 2.00 bits per heavy atom. The summed E-state index contributed by atoms with van der Waals surface area (Å²) in [6, 6.07) is 3.39. The van der Waals surface area contributed by atoms with Crippen LogP contribution in [-0.2, 0) is 11.2 Å². The summed E-state index contributed by atoms with van der Waals surface area (Å²) in [6.45, 7) is 5.80. The zero-order valence-corrected chi connectivity index (χ0v) is 12.0. The number of hydrogen-bond donors (Lipinski definition) is 1. The second-order valence-corrected chi connectivity index (χ2v) is 5.20. The number of benzene rings is 1. The first-order chi connectivity index (χ1) is 8.56. The molecule has 5 heteroatoms. The Kier molecular flexibility index (Phi) is 4.15. The predicted octanol–water partition coefficient (Wildman–Crippen LogP) is 3.20. The summed E-state index contributed by atoms with van der Waals surface area (Å²) >= 11 is 12.1. The lowest BCUT2D eigenvalue weighted by Crippen LogP contribution is -2.47. The van der Waals surface area contributed by atoms with E-state index in [1.807, 2.05) is 6.07 Å². The molecule has 1 aliphatic heterocycles. The van der Waals surface area contributed by atoms with E-state index in [1.165, 1.54) is 0 Å². The normalized spacial score (nSPS) is 18.7. The SMILES string of the molecule is CCN(CC)C1Cc2cc(Cl)cc(Cl)c2NC1=O. The van der Waals surface area contributed by atoms with Crippen molar-refractivity contribution < 1.29 is 4.79 Å². The minimum Gasteiger partial charge on any atom is -0.323 e. The summed E-state index contributed by atoms with van der Waals surface area (Å²) in [5, 5.41) is 3.99. The average Bonchev–Trinajstić information content (AvgIpc) is 2.32. The van der Waals surface area contributed by atoms with Crippen LogP contribution in [0.25, 0.3) is 0 Å². The number of anilines is 1. The molecule has 18 heavy (non-hydrogen) atoms. The maximum atomic E-state index is 12.1. The molecule has 0 saturated heterocycles. The maximum absolute atomic E-state index is 12.1. The topological polar surface area (TPSA) is 32.3 Å². The fraction of sp³-hybridized carbons (Fsp3) is 0.462. The van der Waals surface area contributed by atoms with E-state index in [4.69, 9.17) is 23.2 Å². The molecule has 1 aromatic rings. The van der Waals surface area contributed by atoms with Gasteiger partial charge in [0.15, 0.2) is 0 Å². The van der Waals surface area contributed by atoms with Gasteiger partial charge in [-0.3, -0.25) is 9.69 Å². The van der Waals surface area contributed by atoms with Crippen molar-refractivity contribution in [3.05, 3.63) is 27.7 Å². The van der Waals surface area contributed by atoms with E-state index in [1.54, 1.807) is 6.07 Å². The van der Waals surface area contributed by atoms with Crippen LogP contribution in [0.3, 0.4) is 0 Å². The van der Waals surface area contributed by atoms with Crippen LogP contribution < -0.4 is 5.32 Å². The molecule has 1 atom stereocenters. The van der Waals surface area contributed by atoms with Gasteiger partial charge in [-0.15, -0.1) is 0 Å². The molecule has 0 spiro atoms. The highest BCUT2D eigenvalue weighted by atomic mass is 35.5. The van der Waals surface area contributed by atoms with Crippen molar-refractivity contribution in [1.82, 2.24) is 4.90 Å². The number of hydrogen-bond acceptors (Lipinski definition) is 2. The standard InChI is InChI=1S/C13H16Cl2N2O/c1-3-17(4-2)11-6-8-5-9(14)7-10(15)12(8)16-13(11)18/h5,7,11H,3-4,6H2,1-2H3,(H,16,18). The largest absolute Gasteiger partial charge is 0.323 e. The van der Waals surface area contributed by atoms with Crippen LogP contribution >= 0.6 is 23.2 Å². The number of nitrogens with zero attached hydrogens (tertiary/aromatic N) is 1. The van der Waals surface area contributed by atoms with Crippen LogP contribution in [0, 0.1) is 0 Å². The van der Waals surface area contributed by atoms with Gasteiger partial charge in [0.05, 0.1) is 16.8 Å². The molecule has 1 unspecified atom stereocenters. The molecule has 0 aromatic heterocycles. The first kappa shape index (κ1) is 13.7. The molecule has 0 saturated carbocycles. The van der Waals surface area contributed by atoms with Gasteiger partial charge in [-0.1, -0.05) is 37.0 Å². The lowest BCUT2D eigenvalue weighted by Gasteiger charge is -2.33. The first-order valence-electron chi connectivity index (χ1n) is 6.09. The summed E-state index contributed by atoms with van der Waals surface area (Å²) in [6.07, 6.45) is 0.656. The Morgan fingerprint density at radius 1 is 1.33 bits per heavy atom. The minimum atomic E-state index is -0.137. The number of carbonyl (C=O) groups excluding carboxylic acids is 1. The van der Waals surface area contributed by atoms with Gasteiger partial charge in [0, 0.05) is 5.02 Å². The summed E-state index contributed by atoms with van der Waals surface area (Å²) in [7, 11) is 0. The Bertz CT molecular complexity index is 472. The van der Waals surface area contributed by atoms with Crippen LogP contribution in [0.4, 0.5) is 5.69 Å². The Morgan fingerprint density at radius 3 is 2.61 bits per heavy atom. The van der Waals surface area contributed by atoms with Crippen molar-refractivity contribution in [3.8, 4) is 0 Å². The summed E-state index contributed by atoms with van der Waals surface area (Å²) in [5.41, 5.74) is 1.71. The quantitative estimate of drug-likeness (QED) is 0.926. The van der Waals surface area contributed by atoms with Gasteiger partial charge in [-0.05, 0) is 37.2 Å². The van der Waals surface area contributed by atoms with E-state index in [0.29, 0.717) is 22.2 Å². The van der Waals surface area contributed by atoms with Crippen LogP contribution in [0.5, 0.6) is 0 Å². The van der Waals surface area contributed by atoms with Crippen molar-refractivity contribution >= 4 is 34.8 Å². The third-order valence-electron chi connectivity index (χ3n) is 3.35. The summed E-state index contributed by atoms with van der Waals surface area (Å²) in [4.78, 5) is 14.2. The highest BCUT2D eigenvalue weighted by Gasteiger charge is 2.31. The van der Waals surface area contributed by atoms with E-state index in [-0.39, 0.29) is 11.9 Å². The Balaban J connectivity index is 2.35. The number of carbonyl (C=O) groups is 1. The van der Waals surface area contributed by atoms with Gasteiger partial charge in [0.2, 0.25) is 5.91 Å². The lowest BCUT2D eigenvalue weighted by molar-refractivity contribution is -0.121. The zero-order chi connectivity index (χ0) is 13.3. The summed E-state index contributed by atoms with van der Waals surface area (Å²) in [5.74, 6) is 0.00965. The van der Waals surface area contributed by atoms with E-state index < -0.39 is 0 Å². The number of nitrogens with one attached hydrogen (secondary N) is 1. The lowest BCUT2D eigenvalue weighted by atomic mass is 9.97. The summed E-state index contributed by atoms with van der Waals surface area (Å²) < 4.78 is 0. The molecule has 0 aliphatic carbocycles. The van der Waals surface area contributed by atoms with Crippen molar-refractivity contribution in [1.29, 1.82) is 0 Å². The fourth-order valence-corrected chi connectivity index (χ4v) is 2.98. The van der Waals surface area contributed by atoms with Crippen molar-refractivity contribution in [2.24, 2.45) is 0 Å². The van der Waals surface area contributed by atoms with E-state index in [9.17, 15) is 4.79 Å². The van der Waals surface area contributed by atoms with Gasteiger partial charge >= 0.3 is 0 Å². The molecule has 1 N–H and O–H groups in total. The maximum Gasteiger partial charge on any atom is 0.242 e. The van der Waals surface area contributed by atoms with Gasteiger partial charge < -0.3 is 5.32 Å². The smallest absolute Gasteiger partial charge is 0.242 e. The second-order valence-electron chi connectivity index (χ2n) is 4.35. The average molecular weight is 287 g/mol. The van der Waals surface area contributed by atoms with Crippen LogP contribution in [0.2, 0.25) is 10.0 Å². The van der Waals surface area contributed by atoms with Gasteiger partial charge in [0.25, 0.3) is 0 Å². The first-order valence-corrected chi connectivity index (χ1v) is 6.85. The molecule has 0 bridgehead atoms. The van der Waals surface area contributed by atoms with E-state index >= 15 is 0 Å². The minimum absolute atomic E-state index is 0.00965. The van der Waals surface area contributed by atoms with Crippen molar-refractivity contribution in [2.45, 2.75) is 26.3 Å². The molecule has 1 amide bonds. The van der Waals surface area contributed by atoms with Gasteiger partial charge in [-0.2, -0.15) is 0 Å². The molecular formula is C13H16Cl2N2O. The number of rotatable bonds is 3. The molecule has 98 valence electrons. The number of fused-ring (bicyclic) bond motifs is 1. The van der Waals surface area contributed by atoms with Gasteiger partial charge in [-0.25, -0.2) is 0 Å². The molecule has 2 rings (SSSR count). The molecule has 1 heterocycles. The highest BCUT2D eigenvalue weighted by Crippen LogP contribution is 2.34. The predicted molar refractivity (Wildman–Crippen MR) is 75.5 cm³/mol. The number of halogens is 2. The molecule has 1 aliphatic rings. The van der Waals surface area contributed by atoms with Crippen molar-refractivity contribution in [2.75, 3.05) is 18.4 Å². The van der Waals surface area contributed by atoms with Gasteiger partial charge in [0.1, 0.15) is 0 Å². The van der Waals surface area contributed by atoms with Crippen LogP contribution in [0.15, 0.2) is 12.1 Å². The molecular weight excluding hydrogens is 271 g/mol. The second kappa shape index (κ2) is 5.47. The number of amides is 1. The number of likely N-dealkylation sites (N-methyl/N-ethyl adjacent to an activating group) is 1. The molecule has 1 aromatic carbocycles. The molecule has 0 radical (unpaired) electrons. The Labute approximate surface area is 117 Å². The van der Waals surface area contributed by atoms with Crippen LogP contribution in [0.1, 0.15) is 19.4 Å². The van der Waals surface area contributed by atoms with Crippen LogP contribution in [-0.4, -0.2) is 29.9 Å². The monoisotopic (exact) mass is 286 g/mol. The highest BCUT2D eigenvalue weighted by molar-refractivity contribution is 6.37.